The topological polar surface area (TPSA) is 29.3 Å². The standard InChI is InChI=1S/C51H48B2N2/c1-29-17-19-42(54)36(23-29)33-15-12-16-34-37-24-30(2)25-44(47(37)53)55(43-20-18-32(52)26-35(43)31-13-10-9-11-14-31)48-38-27-40-41(50(5,6)22-21-49(40,3)4)28-39(38)51(7,8)46(48)45(33)34/h9-20,23-28H,21-22,54H2,1-8H3. The van der Waals surface area contributed by atoms with E-state index in [0.29, 0.717) is 0 Å². The predicted molar refractivity (Wildman–Crippen MR) is 238 cm³/mol. The normalized spacial score (nSPS) is 17.1. The Morgan fingerprint density at radius 2 is 1.20 bits per heavy atom. The molecule has 0 amide bonds. The SMILES string of the molecule is [B]c1ccc(N2C3=C(c4c(-c5cc(C)ccc5N)cccc4-c4cc(C)cc2c4[B])C(C)(C)c2cc4c(cc23)C(C)(C)CCC4(C)C)c(-c2ccccc2)c1. The number of aryl methyl sites for hydroxylation is 2. The minimum atomic E-state index is -0.403. The number of allylic oxidation sites excluding steroid dienone is 1. The zero-order chi connectivity index (χ0) is 38.8. The molecule has 3 aliphatic rings. The second kappa shape index (κ2) is 12.1. The molecule has 2 N–H and O–H groups in total. The molecule has 0 saturated carbocycles. The molecule has 0 spiro atoms. The smallest absolute Gasteiger partial charge is 0.117 e. The van der Waals surface area contributed by atoms with Crippen molar-refractivity contribution in [2.45, 2.75) is 84.5 Å². The summed E-state index contributed by atoms with van der Waals surface area (Å²) in [5.41, 5.74) is 28.7. The van der Waals surface area contributed by atoms with Crippen molar-refractivity contribution in [2.24, 2.45) is 0 Å². The molecule has 1 aliphatic heterocycles. The summed E-state index contributed by atoms with van der Waals surface area (Å²) in [6, 6.07) is 39.6. The molecule has 0 aromatic heterocycles. The van der Waals surface area contributed by atoms with Crippen LogP contribution in [-0.2, 0) is 16.2 Å². The van der Waals surface area contributed by atoms with Crippen LogP contribution in [0.25, 0.3) is 44.7 Å². The summed E-state index contributed by atoms with van der Waals surface area (Å²) in [7, 11) is 14.2. The van der Waals surface area contributed by atoms with Gasteiger partial charge < -0.3 is 10.6 Å². The number of rotatable bonds is 3. The minimum absolute atomic E-state index is 0.0187. The average molecular weight is 711 g/mol. The number of hydrogen-bond acceptors (Lipinski definition) is 2. The maximum Gasteiger partial charge on any atom is 0.117 e. The largest absolute Gasteiger partial charge is 0.398 e. The van der Waals surface area contributed by atoms with Gasteiger partial charge >= 0.3 is 0 Å². The molecular weight excluding hydrogens is 662 g/mol. The average Bonchev–Trinajstić information content (AvgIpc) is 3.37. The van der Waals surface area contributed by atoms with Gasteiger partial charge in [0.05, 0.1) is 11.4 Å². The van der Waals surface area contributed by atoms with Gasteiger partial charge in [-0.25, -0.2) is 0 Å². The molecule has 2 nitrogen and oxygen atoms in total. The number of benzene rings is 6. The zero-order valence-corrected chi connectivity index (χ0v) is 33.5. The fourth-order valence-electron chi connectivity index (χ4n) is 9.88. The highest BCUT2D eigenvalue weighted by Crippen LogP contribution is 2.61. The van der Waals surface area contributed by atoms with Gasteiger partial charge in [0.25, 0.3) is 0 Å². The number of anilines is 3. The van der Waals surface area contributed by atoms with Gasteiger partial charge in [-0.3, -0.25) is 0 Å². The highest BCUT2D eigenvalue weighted by atomic mass is 15.2. The van der Waals surface area contributed by atoms with E-state index in [1.165, 1.54) is 39.0 Å². The minimum Gasteiger partial charge on any atom is -0.398 e. The van der Waals surface area contributed by atoms with Crippen LogP contribution >= 0.6 is 0 Å². The Morgan fingerprint density at radius 3 is 1.91 bits per heavy atom. The number of nitrogens with zero attached hydrogens (tertiary/aromatic N) is 1. The molecule has 6 aromatic carbocycles. The van der Waals surface area contributed by atoms with E-state index in [0.717, 1.165) is 85.5 Å². The monoisotopic (exact) mass is 710 g/mol. The third-order valence-electron chi connectivity index (χ3n) is 13.0. The lowest BCUT2D eigenvalue weighted by Gasteiger charge is -2.43. The van der Waals surface area contributed by atoms with E-state index in [9.17, 15) is 0 Å². The van der Waals surface area contributed by atoms with Crippen molar-refractivity contribution in [3.63, 3.8) is 0 Å². The first-order valence-corrected chi connectivity index (χ1v) is 19.7. The van der Waals surface area contributed by atoms with Gasteiger partial charge in [0.2, 0.25) is 0 Å². The van der Waals surface area contributed by atoms with E-state index in [1.54, 1.807) is 0 Å². The zero-order valence-electron chi connectivity index (χ0n) is 33.5. The van der Waals surface area contributed by atoms with Gasteiger partial charge in [-0.1, -0.05) is 137 Å². The van der Waals surface area contributed by atoms with Crippen molar-refractivity contribution < 1.29 is 0 Å². The summed E-state index contributed by atoms with van der Waals surface area (Å²) in [5, 5.41) is 0. The lowest BCUT2D eigenvalue weighted by molar-refractivity contribution is 0.331. The maximum atomic E-state index is 7.53. The summed E-state index contributed by atoms with van der Waals surface area (Å²) in [6.45, 7) is 18.9. The van der Waals surface area contributed by atoms with Crippen LogP contribution in [0.2, 0.25) is 0 Å². The van der Waals surface area contributed by atoms with E-state index in [2.05, 4.69) is 157 Å². The van der Waals surface area contributed by atoms with Crippen molar-refractivity contribution in [3.05, 3.63) is 148 Å². The van der Waals surface area contributed by atoms with Crippen molar-refractivity contribution in [3.8, 4) is 33.4 Å². The molecule has 6 aromatic rings. The third-order valence-corrected chi connectivity index (χ3v) is 13.0. The second-order valence-corrected chi connectivity index (χ2v) is 18.1. The molecule has 0 fully saturated rings. The van der Waals surface area contributed by atoms with Gasteiger partial charge in [0, 0.05) is 33.5 Å². The van der Waals surface area contributed by atoms with Crippen LogP contribution in [0.15, 0.2) is 109 Å². The van der Waals surface area contributed by atoms with Crippen LogP contribution in [0.4, 0.5) is 17.1 Å². The summed E-state index contributed by atoms with van der Waals surface area (Å²) >= 11 is 0. The van der Waals surface area contributed by atoms with Crippen LogP contribution in [0.1, 0.15) is 93.3 Å². The van der Waals surface area contributed by atoms with Crippen LogP contribution < -0.4 is 21.6 Å². The molecule has 2 bridgehead atoms. The van der Waals surface area contributed by atoms with Gasteiger partial charge in [-0.2, -0.15) is 0 Å². The summed E-state index contributed by atoms with van der Waals surface area (Å²) in [5.74, 6) is 0. The van der Waals surface area contributed by atoms with Crippen LogP contribution in [0, 0.1) is 13.8 Å². The van der Waals surface area contributed by atoms with Gasteiger partial charge in [0.15, 0.2) is 0 Å². The molecule has 2 aliphatic carbocycles. The fourth-order valence-corrected chi connectivity index (χ4v) is 9.88. The summed E-state index contributed by atoms with van der Waals surface area (Å²) in [4.78, 5) is 2.48. The number of hydrogen-bond donors (Lipinski definition) is 1. The predicted octanol–water partition coefficient (Wildman–Crippen LogP) is 11.1. The maximum absolute atomic E-state index is 7.53. The molecule has 0 saturated heterocycles. The number of fused-ring (bicyclic) bond motifs is 8. The fraction of sp³-hybridized carbons (Fsp3) is 0.255. The quantitative estimate of drug-likeness (QED) is 0.146. The molecule has 55 heavy (non-hydrogen) atoms. The van der Waals surface area contributed by atoms with Crippen molar-refractivity contribution >= 4 is 55.0 Å². The van der Waals surface area contributed by atoms with E-state index in [4.69, 9.17) is 21.4 Å². The summed E-state index contributed by atoms with van der Waals surface area (Å²) < 4.78 is 0. The van der Waals surface area contributed by atoms with Crippen molar-refractivity contribution in [2.75, 3.05) is 10.6 Å². The van der Waals surface area contributed by atoms with Gasteiger partial charge in [0.1, 0.15) is 15.7 Å². The molecule has 0 atom stereocenters. The molecular formula is C51H48B2N2. The van der Waals surface area contributed by atoms with E-state index >= 15 is 0 Å². The van der Waals surface area contributed by atoms with Crippen LogP contribution in [-0.4, -0.2) is 15.7 Å². The lowest BCUT2D eigenvalue weighted by Crippen LogP contribution is -2.34. The van der Waals surface area contributed by atoms with Crippen molar-refractivity contribution in [1.82, 2.24) is 0 Å². The van der Waals surface area contributed by atoms with Crippen LogP contribution in [0.3, 0.4) is 0 Å². The molecule has 0 unspecified atom stereocenters. The Balaban J connectivity index is 1.51. The van der Waals surface area contributed by atoms with E-state index in [1.807, 2.05) is 12.1 Å². The van der Waals surface area contributed by atoms with E-state index < -0.39 is 5.41 Å². The lowest BCUT2D eigenvalue weighted by atomic mass is 9.62. The van der Waals surface area contributed by atoms with Gasteiger partial charge in [-0.05, 0) is 123 Å². The molecule has 4 radical (unpaired) electrons. The number of nitrogens with two attached hydrogens (primary N) is 1. The van der Waals surface area contributed by atoms with Crippen LogP contribution in [0.5, 0.6) is 0 Å². The Hall–Kier alpha value is -5.21. The highest BCUT2D eigenvalue weighted by molar-refractivity contribution is 6.41. The highest BCUT2D eigenvalue weighted by Gasteiger charge is 2.47. The second-order valence-electron chi connectivity index (χ2n) is 18.1. The molecule has 4 heteroatoms. The molecule has 268 valence electrons. The summed E-state index contributed by atoms with van der Waals surface area (Å²) in [6.07, 6.45) is 2.29. The molecule has 1 heterocycles. The first-order chi connectivity index (χ1) is 26.1. The Kier molecular flexibility index (Phi) is 7.84. The first-order valence-electron chi connectivity index (χ1n) is 19.7. The van der Waals surface area contributed by atoms with Gasteiger partial charge in [-0.15, -0.1) is 0 Å². The van der Waals surface area contributed by atoms with Crippen molar-refractivity contribution in [1.29, 1.82) is 0 Å². The first kappa shape index (κ1) is 35.5. The Morgan fingerprint density at radius 1 is 0.545 bits per heavy atom. The number of nitrogen functional groups attached to an aromatic ring is 1. The Bertz CT molecular complexity index is 2610. The third kappa shape index (κ3) is 5.31. The molecule has 9 rings (SSSR count). The Labute approximate surface area is 330 Å². The van der Waals surface area contributed by atoms with E-state index in [-0.39, 0.29) is 10.8 Å².